The standard InChI is InChI=1S/C14H30N2O/c1-5-13(10-15-9-12(2)3)16(4)11-14-7-6-8-17-14/h12-15H,5-11H2,1-4H3. The molecule has 0 bridgehead atoms. The van der Waals surface area contributed by atoms with Crippen LogP contribution in [0.3, 0.4) is 0 Å². The van der Waals surface area contributed by atoms with Crippen molar-refractivity contribution in [3.63, 3.8) is 0 Å². The molecule has 2 unspecified atom stereocenters. The summed E-state index contributed by atoms with van der Waals surface area (Å²) in [4.78, 5) is 2.46. The van der Waals surface area contributed by atoms with E-state index in [0.29, 0.717) is 12.1 Å². The van der Waals surface area contributed by atoms with E-state index in [-0.39, 0.29) is 0 Å². The van der Waals surface area contributed by atoms with Gasteiger partial charge < -0.3 is 10.1 Å². The van der Waals surface area contributed by atoms with Gasteiger partial charge in [-0.1, -0.05) is 20.8 Å². The van der Waals surface area contributed by atoms with Crippen LogP contribution in [0.2, 0.25) is 0 Å². The summed E-state index contributed by atoms with van der Waals surface area (Å²) in [5.74, 6) is 0.732. The van der Waals surface area contributed by atoms with Crippen LogP contribution in [0.4, 0.5) is 0 Å². The summed E-state index contributed by atoms with van der Waals surface area (Å²) in [6, 6.07) is 0.637. The quantitative estimate of drug-likeness (QED) is 0.705. The van der Waals surface area contributed by atoms with E-state index >= 15 is 0 Å². The molecular formula is C14H30N2O. The maximum Gasteiger partial charge on any atom is 0.0702 e. The molecule has 1 rings (SSSR count). The van der Waals surface area contributed by atoms with Gasteiger partial charge in [0.25, 0.3) is 0 Å². The molecule has 1 fully saturated rings. The lowest BCUT2D eigenvalue weighted by Crippen LogP contribution is -2.43. The van der Waals surface area contributed by atoms with E-state index in [9.17, 15) is 0 Å². The number of nitrogens with zero attached hydrogens (tertiary/aromatic N) is 1. The first kappa shape index (κ1) is 14.9. The van der Waals surface area contributed by atoms with Crippen LogP contribution in [0.5, 0.6) is 0 Å². The molecule has 0 radical (unpaired) electrons. The summed E-state index contributed by atoms with van der Waals surface area (Å²) >= 11 is 0. The first-order valence-corrected chi connectivity index (χ1v) is 7.16. The minimum Gasteiger partial charge on any atom is -0.377 e. The number of hydrogen-bond acceptors (Lipinski definition) is 3. The Morgan fingerprint density at radius 1 is 1.35 bits per heavy atom. The Morgan fingerprint density at radius 3 is 2.65 bits per heavy atom. The molecule has 3 nitrogen and oxygen atoms in total. The van der Waals surface area contributed by atoms with Gasteiger partial charge in [0.05, 0.1) is 6.10 Å². The molecule has 0 aromatic rings. The molecule has 0 saturated carbocycles. The van der Waals surface area contributed by atoms with Crippen molar-refractivity contribution in [2.24, 2.45) is 5.92 Å². The molecule has 17 heavy (non-hydrogen) atoms. The first-order valence-electron chi connectivity index (χ1n) is 7.16. The van der Waals surface area contributed by atoms with Gasteiger partial charge >= 0.3 is 0 Å². The molecule has 0 aromatic heterocycles. The molecule has 0 amide bonds. The van der Waals surface area contributed by atoms with Crippen LogP contribution in [0.25, 0.3) is 0 Å². The Labute approximate surface area is 107 Å². The van der Waals surface area contributed by atoms with E-state index in [1.54, 1.807) is 0 Å². The average Bonchev–Trinajstić information content (AvgIpc) is 2.76. The SMILES string of the molecule is CCC(CNCC(C)C)N(C)CC1CCCO1. The van der Waals surface area contributed by atoms with Crippen molar-refractivity contribution in [1.82, 2.24) is 10.2 Å². The topological polar surface area (TPSA) is 24.5 Å². The van der Waals surface area contributed by atoms with Gasteiger partial charge in [-0.25, -0.2) is 0 Å². The van der Waals surface area contributed by atoms with E-state index in [0.717, 1.165) is 32.2 Å². The molecule has 2 atom stereocenters. The normalized spacial score (nSPS) is 22.6. The minimum atomic E-state index is 0.471. The minimum absolute atomic E-state index is 0.471. The van der Waals surface area contributed by atoms with Crippen molar-refractivity contribution in [3.8, 4) is 0 Å². The summed E-state index contributed by atoms with van der Waals surface area (Å²) in [5, 5.41) is 3.56. The molecule has 0 aliphatic carbocycles. The van der Waals surface area contributed by atoms with Crippen molar-refractivity contribution in [2.75, 3.05) is 33.3 Å². The van der Waals surface area contributed by atoms with Gasteiger partial charge in [0.1, 0.15) is 0 Å². The second-order valence-electron chi connectivity index (χ2n) is 5.69. The van der Waals surface area contributed by atoms with Crippen LogP contribution in [-0.2, 0) is 4.74 Å². The van der Waals surface area contributed by atoms with Gasteiger partial charge in [0.15, 0.2) is 0 Å². The number of hydrogen-bond donors (Lipinski definition) is 1. The Kier molecular flexibility index (Phi) is 7.09. The smallest absolute Gasteiger partial charge is 0.0702 e. The highest BCUT2D eigenvalue weighted by molar-refractivity contribution is 4.75. The van der Waals surface area contributed by atoms with E-state index in [1.807, 2.05) is 0 Å². The van der Waals surface area contributed by atoms with Gasteiger partial charge in [0, 0.05) is 25.7 Å². The van der Waals surface area contributed by atoms with Crippen LogP contribution < -0.4 is 5.32 Å². The van der Waals surface area contributed by atoms with E-state index in [1.165, 1.54) is 19.3 Å². The van der Waals surface area contributed by atoms with Crippen molar-refractivity contribution in [2.45, 2.75) is 52.2 Å². The van der Waals surface area contributed by atoms with Gasteiger partial charge in [0.2, 0.25) is 0 Å². The largest absolute Gasteiger partial charge is 0.377 e. The van der Waals surface area contributed by atoms with E-state index in [2.05, 4.69) is 38.0 Å². The van der Waals surface area contributed by atoms with Gasteiger partial charge in [-0.3, -0.25) is 4.90 Å². The number of nitrogens with one attached hydrogen (secondary N) is 1. The second-order valence-corrected chi connectivity index (χ2v) is 5.69. The fourth-order valence-corrected chi connectivity index (χ4v) is 2.41. The Balaban J connectivity index is 2.22. The lowest BCUT2D eigenvalue weighted by Gasteiger charge is -2.29. The zero-order chi connectivity index (χ0) is 12.7. The van der Waals surface area contributed by atoms with Crippen molar-refractivity contribution >= 4 is 0 Å². The second kappa shape index (κ2) is 8.06. The van der Waals surface area contributed by atoms with Crippen molar-refractivity contribution in [3.05, 3.63) is 0 Å². The fourth-order valence-electron chi connectivity index (χ4n) is 2.41. The monoisotopic (exact) mass is 242 g/mol. The predicted molar refractivity (Wildman–Crippen MR) is 73.4 cm³/mol. The fraction of sp³-hybridized carbons (Fsp3) is 1.00. The van der Waals surface area contributed by atoms with Crippen LogP contribution >= 0.6 is 0 Å². The zero-order valence-electron chi connectivity index (χ0n) is 12.0. The molecular weight excluding hydrogens is 212 g/mol. The van der Waals surface area contributed by atoms with Crippen LogP contribution in [0.1, 0.15) is 40.0 Å². The lowest BCUT2D eigenvalue weighted by molar-refractivity contribution is 0.0670. The third kappa shape index (κ3) is 5.84. The molecule has 1 N–H and O–H groups in total. The third-order valence-electron chi connectivity index (χ3n) is 3.54. The van der Waals surface area contributed by atoms with Gasteiger partial charge in [-0.2, -0.15) is 0 Å². The Hall–Kier alpha value is -0.120. The lowest BCUT2D eigenvalue weighted by atomic mass is 10.1. The molecule has 1 saturated heterocycles. The molecule has 0 spiro atoms. The average molecular weight is 242 g/mol. The van der Waals surface area contributed by atoms with Gasteiger partial charge in [-0.05, 0) is 38.8 Å². The third-order valence-corrected chi connectivity index (χ3v) is 3.54. The van der Waals surface area contributed by atoms with Gasteiger partial charge in [-0.15, -0.1) is 0 Å². The molecule has 0 aromatic carbocycles. The molecule has 1 heterocycles. The maximum atomic E-state index is 5.70. The van der Waals surface area contributed by atoms with Crippen LogP contribution in [-0.4, -0.2) is 50.3 Å². The zero-order valence-corrected chi connectivity index (χ0v) is 12.0. The molecule has 102 valence electrons. The molecule has 3 heteroatoms. The Bertz CT molecular complexity index is 191. The van der Waals surface area contributed by atoms with Crippen molar-refractivity contribution < 1.29 is 4.74 Å². The van der Waals surface area contributed by atoms with Crippen LogP contribution in [0, 0.1) is 5.92 Å². The summed E-state index contributed by atoms with van der Waals surface area (Å²) in [6.07, 6.45) is 4.15. The van der Waals surface area contributed by atoms with Crippen molar-refractivity contribution in [1.29, 1.82) is 0 Å². The highest BCUT2D eigenvalue weighted by atomic mass is 16.5. The predicted octanol–water partition coefficient (Wildman–Crippen LogP) is 2.12. The number of likely N-dealkylation sites (N-methyl/N-ethyl adjacent to an activating group) is 1. The summed E-state index contributed by atoms with van der Waals surface area (Å²) in [5.41, 5.74) is 0. The highest BCUT2D eigenvalue weighted by Gasteiger charge is 2.20. The molecule has 1 aliphatic heterocycles. The van der Waals surface area contributed by atoms with E-state index in [4.69, 9.17) is 4.74 Å². The highest BCUT2D eigenvalue weighted by Crippen LogP contribution is 2.14. The molecule has 1 aliphatic rings. The van der Waals surface area contributed by atoms with E-state index < -0.39 is 0 Å². The maximum absolute atomic E-state index is 5.70. The number of rotatable bonds is 8. The first-order chi connectivity index (χ1) is 8.13. The Morgan fingerprint density at radius 2 is 2.12 bits per heavy atom. The van der Waals surface area contributed by atoms with Crippen LogP contribution in [0.15, 0.2) is 0 Å². The summed E-state index contributed by atoms with van der Waals surface area (Å²) < 4.78 is 5.70. The number of ether oxygens (including phenoxy) is 1. The summed E-state index contributed by atoms with van der Waals surface area (Å²) in [6.45, 7) is 11.0. The summed E-state index contributed by atoms with van der Waals surface area (Å²) in [7, 11) is 2.23.